The zero-order valence-electron chi connectivity index (χ0n) is 10.3. The van der Waals surface area contributed by atoms with E-state index in [1.807, 2.05) is 11.3 Å². The number of rotatable bonds is 1. The lowest BCUT2D eigenvalue weighted by Crippen LogP contribution is -2.18. The van der Waals surface area contributed by atoms with Gasteiger partial charge in [-0.1, -0.05) is 49.2 Å². The predicted molar refractivity (Wildman–Crippen MR) is 85.9 cm³/mol. The van der Waals surface area contributed by atoms with E-state index in [1.165, 1.54) is 27.5 Å². The number of fused-ring (bicyclic) bond motifs is 1. The van der Waals surface area contributed by atoms with E-state index in [0.29, 0.717) is 0 Å². The van der Waals surface area contributed by atoms with Crippen LogP contribution in [-0.2, 0) is 0 Å². The molecule has 17 heavy (non-hydrogen) atoms. The normalized spacial score (nSPS) is 25.8. The molecule has 0 bridgehead atoms. The Kier molecular flexibility index (Phi) is 3.28. The topological polar surface area (TPSA) is 0 Å². The van der Waals surface area contributed by atoms with E-state index in [4.69, 9.17) is 0 Å². The van der Waals surface area contributed by atoms with Crippen molar-refractivity contribution in [2.75, 3.05) is 0 Å². The SMILES string of the molecule is C[C@H]1CC[C@H](C)P1c1c(P)sc2ccccc12. The van der Waals surface area contributed by atoms with Crippen molar-refractivity contribution in [2.45, 2.75) is 38.0 Å². The zero-order valence-corrected chi connectivity index (χ0v) is 13.2. The summed E-state index contributed by atoms with van der Waals surface area (Å²) in [5.74, 6) is 0. The number of benzene rings is 1. The Morgan fingerprint density at radius 3 is 2.53 bits per heavy atom. The molecule has 3 rings (SSSR count). The van der Waals surface area contributed by atoms with Crippen LogP contribution in [0, 0.1) is 0 Å². The second kappa shape index (κ2) is 4.61. The first-order chi connectivity index (χ1) is 8.18. The third kappa shape index (κ3) is 1.97. The standard InChI is InChI=1S/C14H18P2S/c1-9-7-8-10(2)16(9)13-11-5-3-4-6-12(11)17-14(13)15/h3-6,9-10H,7-8,15H2,1-2H3/t9-,10-/m0/s1. The molecule has 1 unspecified atom stereocenters. The van der Waals surface area contributed by atoms with Crippen LogP contribution in [0.25, 0.3) is 10.1 Å². The van der Waals surface area contributed by atoms with Crippen molar-refractivity contribution in [3.05, 3.63) is 24.3 Å². The minimum absolute atomic E-state index is 0.0433. The molecular formula is C14H18P2S. The van der Waals surface area contributed by atoms with Crippen LogP contribution >= 0.6 is 28.5 Å². The Hall–Kier alpha value is 0.0400. The van der Waals surface area contributed by atoms with Crippen LogP contribution in [0.3, 0.4) is 0 Å². The van der Waals surface area contributed by atoms with Crippen molar-refractivity contribution in [3.8, 4) is 0 Å². The van der Waals surface area contributed by atoms with E-state index in [1.54, 1.807) is 5.30 Å². The second-order valence-corrected chi connectivity index (χ2v) is 10.1. The summed E-state index contributed by atoms with van der Waals surface area (Å²) < 4.78 is 2.94. The fraction of sp³-hybridized carbons (Fsp3) is 0.429. The smallest absolute Gasteiger partial charge is 0.0356 e. The predicted octanol–water partition coefficient (Wildman–Crippen LogP) is 4.08. The molecule has 1 fully saturated rings. The lowest BCUT2D eigenvalue weighted by atomic mass is 10.2. The first-order valence-electron chi connectivity index (χ1n) is 6.24. The third-order valence-corrected chi connectivity index (χ3v) is 9.26. The van der Waals surface area contributed by atoms with Gasteiger partial charge in [-0.2, -0.15) is 0 Å². The molecule has 1 aromatic heterocycles. The van der Waals surface area contributed by atoms with Gasteiger partial charge >= 0.3 is 0 Å². The van der Waals surface area contributed by atoms with E-state index in [2.05, 4.69) is 47.4 Å². The summed E-state index contributed by atoms with van der Waals surface area (Å²) in [5, 5.41) is 3.21. The fourth-order valence-electron chi connectivity index (χ4n) is 2.95. The van der Waals surface area contributed by atoms with Crippen molar-refractivity contribution < 1.29 is 0 Å². The van der Waals surface area contributed by atoms with Crippen molar-refractivity contribution in [1.29, 1.82) is 0 Å². The summed E-state index contributed by atoms with van der Waals surface area (Å²) in [6.45, 7) is 4.90. The first kappa shape index (κ1) is 12.1. The summed E-state index contributed by atoms with van der Waals surface area (Å²) in [7, 11) is 3.03. The molecule has 0 amide bonds. The lowest BCUT2D eigenvalue weighted by molar-refractivity contribution is 0.777. The quantitative estimate of drug-likeness (QED) is 0.690. The van der Waals surface area contributed by atoms with Crippen LogP contribution in [0.15, 0.2) is 24.3 Å². The van der Waals surface area contributed by atoms with Crippen LogP contribution in [-0.4, -0.2) is 11.3 Å². The van der Waals surface area contributed by atoms with Gasteiger partial charge in [0.15, 0.2) is 0 Å². The molecule has 2 heterocycles. The minimum Gasteiger partial charge on any atom is -0.135 e. The summed E-state index contributed by atoms with van der Waals surface area (Å²) in [5.41, 5.74) is 1.80. The van der Waals surface area contributed by atoms with Gasteiger partial charge in [-0.25, -0.2) is 0 Å². The van der Waals surface area contributed by atoms with E-state index in [-0.39, 0.29) is 7.92 Å². The molecule has 2 aromatic rings. The maximum absolute atomic E-state index is 2.98. The number of hydrogen-bond acceptors (Lipinski definition) is 1. The Morgan fingerprint density at radius 1 is 1.18 bits per heavy atom. The molecule has 0 saturated carbocycles. The van der Waals surface area contributed by atoms with Crippen LogP contribution in [0.4, 0.5) is 0 Å². The van der Waals surface area contributed by atoms with Crippen LogP contribution in [0.2, 0.25) is 0 Å². The van der Waals surface area contributed by atoms with Gasteiger partial charge in [0.1, 0.15) is 0 Å². The fourth-order valence-corrected chi connectivity index (χ4v) is 8.67. The zero-order chi connectivity index (χ0) is 12.0. The minimum atomic E-state index is 0.0433. The molecule has 1 aliphatic heterocycles. The van der Waals surface area contributed by atoms with E-state index < -0.39 is 0 Å². The molecule has 1 aromatic carbocycles. The van der Waals surface area contributed by atoms with Crippen LogP contribution < -0.4 is 9.92 Å². The summed E-state index contributed by atoms with van der Waals surface area (Å²) in [4.78, 5) is 0. The van der Waals surface area contributed by atoms with Gasteiger partial charge < -0.3 is 0 Å². The Balaban J connectivity index is 2.19. The van der Waals surface area contributed by atoms with Crippen molar-refractivity contribution in [3.63, 3.8) is 0 Å². The van der Waals surface area contributed by atoms with Crippen LogP contribution in [0.1, 0.15) is 26.7 Å². The highest BCUT2D eigenvalue weighted by Gasteiger charge is 2.33. The molecule has 1 aliphatic rings. The van der Waals surface area contributed by atoms with Gasteiger partial charge in [0.2, 0.25) is 0 Å². The van der Waals surface area contributed by atoms with Crippen LogP contribution in [0.5, 0.6) is 0 Å². The molecule has 1 saturated heterocycles. The van der Waals surface area contributed by atoms with Gasteiger partial charge in [-0.05, 0) is 30.2 Å². The highest BCUT2D eigenvalue weighted by molar-refractivity contribution is 7.70. The monoisotopic (exact) mass is 280 g/mol. The van der Waals surface area contributed by atoms with E-state index >= 15 is 0 Å². The Bertz CT molecular complexity index is 536. The Morgan fingerprint density at radius 2 is 1.82 bits per heavy atom. The lowest BCUT2D eigenvalue weighted by Gasteiger charge is -2.21. The summed E-state index contributed by atoms with van der Waals surface area (Å²) >= 11 is 1.95. The number of hydrogen-bond donors (Lipinski definition) is 0. The maximum Gasteiger partial charge on any atom is 0.0356 e. The van der Waals surface area contributed by atoms with Gasteiger partial charge in [0.05, 0.1) is 0 Å². The number of thiophene rings is 1. The van der Waals surface area contributed by atoms with Gasteiger partial charge in [0.25, 0.3) is 0 Å². The van der Waals surface area contributed by atoms with E-state index in [9.17, 15) is 0 Å². The summed E-state index contributed by atoms with van der Waals surface area (Å²) in [6.07, 6.45) is 2.84. The highest BCUT2D eigenvalue weighted by Crippen LogP contribution is 2.55. The molecule has 0 nitrogen and oxygen atoms in total. The van der Waals surface area contributed by atoms with Crippen molar-refractivity contribution in [1.82, 2.24) is 0 Å². The van der Waals surface area contributed by atoms with Gasteiger partial charge in [0, 0.05) is 20.0 Å². The average molecular weight is 280 g/mol. The molecule has 0 N–H and O–H groups in total. The Labute approximate surface area is 111 Å². The molecule has 3 atom stereocenters. The molecule has 0 spiro atoms. The summed E-state index contributed by atoms with van der Waals surface area (Å²) in [6, 6.07) is 8.91. The molecular weight excluding hydrogens is 262 g/mol. The molecule has 0 radical (unpaired) electrons. The van der Waals surface area contributed by atoms with Gasteiger partial charge in [-0.3, -0.25) is 0 Å². The molecule has 3 heteroatoms. The highest BCUT2D eigenvalue weighted by atomic mass is 32.1. The molecule has 90 valence electrons. The average Bonchev–Trinajstić information content (AvgIpc) is 2.79. The molecule has 0 aliphatic carbocycles. The first-order valence-corrected chi connectivity index (χ1v) is 9.11. The third-order valence-electron chi connectivity index (χ3n) is 3.81. The van der Waals surface area contributed by atoms with E-state index in [0.717, 1.165) is 11.3 Å². The second-order valence-electron chi connectivity index (χ2n) is 4.99. The maximum atomic E-state index is 2.98. The largest absolute Gasteiger partial charge is 0.135 e. The van der Waals surface area contributed by atoms with Gasteiger partial charge in [-0.15, -0.1) is 11.3 Å². The van der Waals surface area contributed by atoms with Crippen molar-refractivity contribution >= 4 is 48.5 Å². The van der Waals surface area contributed by atoms with Crippen molar-refractivity contribution in [2.24, 2.45) is 0 Å².